The van der Waals surface area contributed by atoms with E-state index < -0.39 is 20.0 Å². The van der Waals surface area contributed by atoms with Gasteiger partial charge in [0.1, 0.15) is 9.96 Å². The zero-order chi connectivity index (χ0) is 22.1. The van der Waals surface area contributed by atoms with Gasteiger partial charge in [-0.05, 0) is 49.6 Å². The van der Waals surface area contributed by atoms with Crippen LogP contribution in [0, 0.1) is 0 Å². The fourth-order valence-electron chi connectivity index (χ4n) is 3.66. The van der Waals surface area contributed by atoms with Gasteiger partial charge in [0.05, 0.1) is 12.3 Å². The normalized spacial score (nSPS) is 19.0. The van der Waals surface area contributed by atoms with Gasteiger partial charge in [-0.15, -0.1) is 11.3 Å². The van der Waals surface area contributed by atoms with Crippen molar-refractivity contribution in [3.8, 4) is 5.75 Å². The predicted octanol–water partition coefficient (Wildman–Crippen LogP) is 2.00. The number of sulfonamides is 2. The maximum absolute atomic E-state index is 13.1. The van der Waals surface area contributed by atoms with Crippen molar-refractivity contribution in [1.82, 2.24) is 8.61 Å². The number of phenolic OH excluding ortho intramolecular Hbond substituents is 1. The van der Waals surface area contributed by atoms with Gasteiger partial charge in [-0.2, -0.15) is 8.61 Å². The van der Waals surface area contributed by atoms with Crippen molar-refractivity contribution in [3.05, 3.63) is 41.8 Å². The lowest BCUT2D eigenvalue weighted by molar-refractivity contribution is 0.271. The van der Waals surface area contributed by atoms with E-state index in [0.29, 0.717) is 6.54 Å². The molecule has 0 spiro atoms. The molecule has 11 heteroatoms. The number of thiophene rings is 1. The average Bonchev–Trinajstić information content (AvgIpc) is 3.21. The molecule has 8 nitrogen and oxygen atoms in total. The summed E-state index contributed by atoms with van der Waals surface area (Å²) in [6, 6.07) is 9.29. The number of phenols is 1. The molecular formula is C19H27N3O5S3. The molecule has 1 aliphatic heterocycles. The first kappa shape index (κ1) is 23.0. The molecular weight excluding hydrogens is 446 g/mol. The van der Waals surface area contributed by atoms with Crippen LogP contribution in [-0.4, -0.2) is 75.1 Å². The van der Waals surface area contributed by atoms with Gasteiger partial charge in [-0.25, -0.2) is 16.8 Å². The first-order valence-corrected chi connectivity index (χ1v) is 13.7. The molecule has 1 saturated heterocycles. The SMILES string of the molecule is CC(C)N(C[C@H]1CN(S(=O)(=O)c2cccs2)CCN1c1ccc(O)cc1)S(C)(=O)=O. The summed E-state index contributed by atoms with van der Waals surface area (Å²) in [6.45, 7) is 4.63. The van der Waals surface area contributed by atoms with Gasteiger partial charge in [0, 0.05) is 37.9 Å². The Hall–Kier alpha value is -1.66. The minimum Gasteiger partial charge on any atom is -0.508 e. The van der Waals surface area contributed by atoms with Gasteiger partial charge < -0.3 is 10.0 Å². The van der Waals surface area contributed by atoms with E-state index in [2.05, 4.69) is 0 Å². The molecule has 0 unspecified atom stereocenters. The molecule has 1 fully saturated rings. The van der Waals surface area contributed by atoms with E-state index in [4.69, 9.17) is 0 Å². The van der Waals surface area contributed by atoms with E-state index in [1.165, 1.54) is 26.2 Å². The van der Waals surface area contributed by atoms with Gasteiger partial charge in [-0.3, -0.25) is 0 Å². The molecule has 0 radical (unpaired) electrons. The molecule has 30 heavy (non-hydrogen) atoms. The molecule has 1 atom stereocenters. The molecule has 2 aromatic rings. The second-order valence-corrected chi connectivity index (χ2v) is 12.6. The summed E-state index contributed by atoms with van der Waals surface area (Å²) in [6.07, 6.45) is 1.17. The Kier molecular flexibility index (Phi) is 6.78. The van der Waals surface area contributed by atoms with Crippen LogP contribution in [0.25, 0.3) is 0 Å². The average molecular weight is 474 g/mol. The number of nitrogens with zero attached hydrogens (tertiary/aromatic N) is 3. The van der Waals surface area contributed by atoms with Crippen molar-refractivity contribution in [1.29, 1.82) is 0 Å². The number of anilines is 1. The first-order valence-electron chi connectivity index (χ1n) is 9.56. The summed E-state index contributed by atoms with van der Waals surface area (Å²) >= 11 is 1.17. The number of piperazine rings is 1. The second-order valence-electron chi connectivity index (χ2n) is 7.59. The fraction of sp³-hybridized carbons (Fsp3) is 0.474. The van der Waals surface area contributed by atoms with Crippen LogP contribution in [0.15, 0.2) is 46.0 Å². The topological polar surface area (TPSA) is 98.2 Å². The first-order chi connectivity index (χ1) is 14.0. The van der Waals surface area contributed by atoms with Crippen LogP contribution >= 0.6 is 11.3 Å². The molecule has 1 aromatic heterocycles. The van der Waals surface area contributed by atoms with Crippen LogP contribution in [0.2, 0.25) is 0 Å². The van der Waals surface area contributed by atoms with E-state index >= 15 is 0 Å². The molecule has 0 aliphatic carbocycles. The predicted molar refractivity (Wildman–Crippen MR) is 119 cm³/mol. The molecule has 166 valence electrons. The molecule has 0 bridgehead atoms. The van der Waals surface area contributed by atoms with Crippen molar-refractivity contribution in [2.75, 3.05) is 37.3 Å². The molecule has 1 aliphatic rings. The zero-order valence-corrected chi connectivity index (χ0v) is 19.6. The summed E-state index contributed by atoms with van der Waals surface area (Å²) in [4.78, 5) is 2.01. The quantitative estimate of drug-likeness (QED) is 0.661. The van der Waals surface area contributed by atoms with Crippen LogP contribution in [0.5, 0.6) is 5.75 Å². The highest BCUT2D eigenvalue weighted by Gasteiger charge is 2.37. The summed E-state index contributed by atoms with van der Waals surface area (Å²) in [7, 11) is -7.11. The van der Waals surface area contributed by atoms with Crippen molar-refractivity contribution >= 4 is 37.1 Å². The largest absolute Gasteiger partial charge is 0.508 e. The third kappa shape index (κ3) is 4.97. The molecule has 2 heterocycles. The minimum absolute atomic E-state index is 0.133. The number of hydrogen-bond acceptors (Lipinski definition) is 7. The maximum Gasteiger partial charge on any atom is 0.252 e. The summed E-state index contributed by atoms with van der Waals surface area (Å²) in [5.74, 6) is 0.133. The molecule has 3 rings (SSSR count). The van der Waals surface area contributed by atoms with E-state index in [-0.39, 0.29) is 41.7 Å². The summed E-state index contributed by atoms with van der Waals surface area (Å²) < 4.78 is 53.9. The van der Waals surface area contributed by atoms with Gasteiger partial charge >= 0.3 is 0 Å². The number of hydrogen-bond donors (Lipinski definition) is 1. The smallest absolute Gasteiger partial charge is 0.252 e. The minimum atomic E-state index is -3.64. The summed E-state index contributed by atoms with van der Waals surface area (Å²) in [5.41, 5.74) is 0.808. The highest BCUT2D eigenvalue weighted by Crippen LogP contribution is 2.28. The van der Waals surface area contributed by atoms with Crippen LogP contribution in [0.4, 0.5) is 5.69 Å². The Bertz CT molecular complexity index is 1050. The second kappa shape index (κ2) is 8.83. The molecule has 0 saturated carbocycles. The molecule has 1 N–H and O–H groups in total. The summed E-state index contributed by atoms with van der Waals surface area (Å²) in [5, 5.41) is 11.3. The fourth-order valence-corrected chi connectivity index (χ4v) is 7.48. The lowest BCUT2D eigenvalue weighted by atomic mass is 10.1. The lowest BCUT2D eigenvalue weighted by Gasteiger charge is -2.44. The maximum atomic E-state index is 13.1. The third-order valence-electron chi connectivity index (χ3n) is 5.11. The van der Waals surface area contributed by atoms with Crippen LogP contribution in [0.3, 0.4) is 0 Å². The van der Waals surface area contributed by atoms with Crippen LogP contribution in [-0.2, 0) is 20.0 Å². The Labute approximate surface area is 182 Å². The van der Waals surface area contributed by atoms with Crippen molar-refractivity contribution in [2.24, 2.45) is 0 Å². The lowest BCUT2D eigenvalue weighted by Crippen LogP contribution is -2.59. The number of rotatable bonds is 7. The van der Waals surface area contributed by atoms with Crippen LogP contribution in [0.1, 0.15) is 13.8 Å². The van der Waals surface area contributed by atoms with E-state index in [1.54, 1.807) is 55.6 Å². The van der Waals surface area contributed by atoms with Crippen LogP contribution < -0.4 is 4.90 Å². The Morgan fingerprint density at radius 2 is 1.80 bits per heavy atom. The van der Waals surface area contributed by atoms with E-state index in [1.807, 2.05) is 4.90 Å². The highest BCUT2D eigenvalue weighted by molar-refractivity contribution is 7.91. The van der Waals surface area contributed by atoms with E-state index in [9.17, 15) is 21.9 Å². The Balaban J connectivity index is 1.94. The van der Waals surface area contributed by atoms with Gasteiger partial charge in [0.25, 0.3) is 10.0 Å². The third-order valence-corrected chi connectivity index (χ3v) is 9.77. The number of aromatic hydroxyl groups is 1. The monoisotopic (exact) mass is 473 g/mol. The van der Waals surface area contributed by atoms with Gasteiger partial charge in [0.2, 0.25) is 10.0 Å². The van der Waals surface area contributed by atoms with E-state index in [0.717, 1.165) is 5.69 Å². The van der Waals surface area contributed by atoms with Gasteiger partial charge in [0.15, 0.2) is 0 Å². The van der Waals surface area contributed by atoms with Crippen molar-refractivity contribution in [2.45, 2.75) is 30.1 Å². The Morgan fingerprint density at radius 1 is 1.13 bits per heavy atom. The molecule has 0 amide bonds. The highest BCUT2D eigenvalue weighted by atomic mass is 32.2. The van der Waals surface area contributed by atoms with Crippen molar-refractivity contribution < 1.29 is 21.9 Å². The van der Waals surface area contributed by atoms with Crippen molar-refractivity contribution in [3.63, 3.8) is 0 Å². The Morgan fingerprint density at radius 3 is 2.33 bits per heavy atom. The zero-order valence-electron chi connectivity index (χ0n) is 17.2. The standard InChI is InChI=1S/C19H27N3O5S3/c1-15(2)22(29(3,24)25)14-17-13-20(30(26,27)19-5-4-12-28-19)10-11-21(17)16-6-8-18(23)9-7-16/h4-9,12,15,17,23H,10-11,13-14H2,1-3H3/t17-/m1/s1. The van der Waals surface area contributed by atoms with Gasteiger partial charge in [-0.1, -0.05) is 6.07 Å². The number of benzene rings is 1. The molecule has 1 aromatic carbocycles.